The zero-order chi connectivity index (χ0) is 14.7. The molecule has 114 valence electrons. The molecule has 0 aliphatic rings. The van der Waals surface area contributed by atoms with Gasteiger partial charge in [0.25, 0.3) is 0 Å². The van der Waals surface area contributed by atoms with Gasteiger partial charge in [0.1, 0.15) is 0 Å². The van der Waals surface area contributed by atoms with E-state index in [2.05, 4.69) is 30.7 Å². The first-order valence-corrected chi connectivity index (χ1v) is 8.88. The van der Waals surface area contributed by atoms with Crippen molar-refractivity contribution in [2.75, 3.05) is 47.5 Å². The molecule has 0 saturated heterocycles. The Kier molecular flexibility index (Phi) is 10.4. The quantitative estimate of drug-likeness (QED) is 0.332. The van der Waals surface area contributed by atoms with E-state index in [1.807, 2.05) is 0 Å². The molecular formula is C13H30N2O3Si. The number of nitrogens with zero attached hydrogens (tertiary/aromatic N) is 2. The Labute approximate surface area is 119 Å². The van der Waals surface area contributed by atoms with Crippen LogP contribution in [0.1, 0.15) is 27.2 Å². The summed E-state index contributed by atoms with van der Waals surface area (Å²) >= 11 is 0. The maximum atomic E-state index is 5.38. The molecule has 6 heteroatoms. The first kappa shape index (κ1) is 18.7. The van der Waals surface area contributed by atoms with Crippen LogP contribution in [0, 0.1) is 0 Å². The number of aliphatic imine (C=N–C) groups is 1. The van der Waals surface area contributed by atoms with E-state index in [1.54, 1.807) is 21.3 Å². The lowest BCUT2D eigenvalue weighted by atomic mass is 10.3. The highest BCUT2D eigenvalue weighted by molar-refractivity contribution is 6.60. The van der Waals surface area contributed by atoms with Crippen LogP contribution in [-0.4, -0.2) is 66.9 Å². The largest absolute Gasteiger partial charge is 0.500 e. The summed E-state index contributed by atoms with van der Waals surface area (Å²) in [7, 11) is 2.53. The second-order valence-electron chi connectivity index (χ2n) is 4.48. The highest BCUT2D eigenvalue weighted by Gasteiger charge is 2.36. The fourth-order valence-corrected chi connectivity index (χ4v) is 3.65. The molecule has 0 aromatic rings. The first-order valence-electron chi connectivity index (χ1n) is 6.95. The summed E-state index contributed by atoms with van der Waals surface area (Å²) < 4.78 is 16.1. The van der Waals surface area contributed by atoms with Crippen LogP contribution in [0.15, 0.2) is 4.99 Å². The molecule has 0 rings (SSSR count). The molecule has 0 amide bonds. The van der Waals surface area contributed by atoms with E-state index in [0.29, 0.717) is 0 Å². The molecule has 0 spiro atoms. The summed E-state index contributed by atoms with van der Waals surface area (Å²) in [5.41, 5.74) is 1.18. The van der Waals surface area contributed by atoms with Gasteiger partial charge in [0.05, 0.1) is 0 Å². The van der Waals surface area contributed by atoms with Crippen LogP contribution in [0.4, 0.5) is 0 Å². The van der Waals surface area contributed by atoms with Crippen molar-refractivity contribution in [3.63, 3.8) is 0 Å². The number of rotatable bonds is 11. The van der Waals surface area contributed by atoms with Crippen LogP contribution in [0.3, 0.4) is 0 Å². The highest BCUT2D eigenvalue weighted by Crippen LogP contribution is 2.14. The van der Waals surface area contributed by atoms with E-state index >= 15 is 0 Å². The molecule has 0 heterocycles. The number of hydrogen-bond donors (Lipinski definition) is 0. The minimum Gasteiger partial charge on any atom is -0.377 e. The van der Waals surface area contributed by atoms with Crippen LogP contribution in [0.2, 0.25) is 6.04 Å². The molecule has 0 aromatic carbocycles. The van der Waals surface area contributed by atoms with Gasteiger partial charge in [0, 0.05) is 46.2 Å². The minimum atomic E-state index is -2.41. The minimum absolute atomic E-state index is 0.804. The van der Waals surface area contributed by atoms with E-state index < -0.39 is 8.80 Å². The molecule has 0 aliphatic heterocycles. The van der Waals surface area contributed by atoms with Crippen molar-refractivity contribution >= 4 is 14.5 Å². The van der Waals surface area contributed by atoms with Crippen molar-refractivity contribution in [3.8, 4) is 0 Å². The lowest BCUT2D eigenvalue weighted by molar-refractivity contribution is 0.123. The van der Waals surface area contributed by atoms with E-state index in [0.717, 1.165) is 38.6 Å². The van der Waals surface area contributed by atoms with Gasteiger partial charge in [-0.05, 0) is 26.4 Å². The molecular weight excluding hydrogens is 260 g/mol. The standard InChI is InChI=1S/C13H30N2O3Si/c1-7-15(8-2)12-13(3)14-10-9-11-19(16-4,17-5)18-6/h7-12H2,1-6H3. The first-order chi connectivity index (χ1) is 9.07. The Morgan fingerprint density at radius 1 is 1.05 bits per heavy atom. The van der Waals surface area contributed by atoms with E-state index in [9.17, 15) is 0 Å². The Morgan fingerprint density at radius 2 is 1.58 bits per heavy atom. The van der Waals surface area contributed by atoms with Gasteiger partial charge in [-0.2, -0.15) is 0 Å². The van der Waals surface area contributed by atoms with Gasteiger partial charge in [-0.3, -0.25) is 9.89 Å². The van der Waals surface area contributed by atoms with Gasteiger partial charge in [-0.1, -0.05) is 13.8 Å². The molecule has 0 fully saturated rings. The van der Waals surface area contributed by atoms with Gasteiger partial charge in [0.15, 0.2) is 0 Å². The predicted molar refractivity (Wildman–Crippen MR) is 82.0 cm³/mol. The molecule has 0 aromatic heterocycles. The van der Waals surface area contributed by atoms with Gasteiger partial charge in [-0.25, -0.2) is 0 Å². The van der Waals surface area contributed by atoms with E-state index in [-0.39, 0.29) is 0 Å². The predicted octanol–water partition coefficient (Wildman–Crippen LogP) is 2.06. The van der Waals surface area contributed by atoms with Crippen LogP contribution in [-0.2, 0) is 13.3 Å². The fourth-order valence-electron chi connectivity index (χ4n) is 1.94. The molecule has 0 unspecified atom stereocenters. The summed E-state index contributed by atoms with van der Waals surface area (Å²) in [4.78, 5) is 6.95. The van der Waals surface area contributed by atoms with Crippen molar-refractivity contribution in [2.24, 2.45) is 4.99 Å². The van der Waals surface area contributed by atoms with Crippen molar-refractivity contribution in [2.45, 2.75) is 33.2 Å². The summed E-state index contributed by atoms with van der Waals surface area (Å²) in [6, 6.07) is 0.804. The van der Waals surface area contributed by atoms with Crippen molar-refractivity contribution in [3.05, 3.63) is 0 Å². The van der Waals surface area contributed by atoms with Crippen LogP contribution in [0.5, 0.6) is 0 Å². The SMILES string of the molecule is CCN(CC)CC(C)=NCCC[Si](OC)(OC)OC. The Bertz CT molecular complexity index is 246. The lowest BCUT2D eigenvalue weighted by Crippen LogP contribution is -2.42. The Hall–Kier alpha value is -0.273. The van der Waals surface area contributed by atoms with Crippen molar-refractivity contribution in [1.29, 1.82) is 0 Å². The summed E-state index contributed by atoms with van der Waals surface area (Å²) in [5.74, 6) is 0. The second-order valence-corrected chi connectivity index (χ2v) is 7.57. The van der Waals surface area contributed by atoms with Crippen LogP contribution in [0.25, 0.3) is 0 Å². The van der Waals surface area contributed by atoms with Crippen molar-refractivity contribution < 1.29 is 13.3 Å². The molecule has 0 radical (unpaired) electrons. The molecule has 0 saturated carbocycles. The Balaban J connectivity index is 4.07. The van der Waals surface area contributed by atoms with Crippen LogP contribution < -0.4 is 0 Å². The monoisotopic (exact) mass is 290 g/mol. The van der Waals surface area contributed by atoms with Gasteiger partial charge < -0.3 is 13.3 Å². The summed E-state index contributed by atoms with van der Waals surface area (Å²) in [6.07, 6.45) is 0.928. The number of hydrogen-bond acceptors (Lipinski definition) is 5. The molecule has 0 N–H and O–H groups in total. The topological polar surface area (TPSA) is 43.3 Å². The lowest BCUT2D eigenvalue weighted by Gasteiger charge is -2.24. The van der Waals surface area contributed by atoms with Gasteiger partial charge in [-0.15, -0.1) is 0 Å². The average molecular weight is 290 g/mol. The van der Waals surface area contributed by atoms with E-state index in [1.165, 1.54) is 5.71 Å². The summed E-state index contributed by atoms with van der Waals surface area (Å²) in [6.45, 7) is 10.3. The zero-order valence-electron chi connectivity index (χ0n) is 13.4. The van der Waals surface area contributed by atoms with Crippen molar-refractivity contribution in [1.82, 2.24) is 4.90 Å². The second kappa shape index (κ2) is 10.5. The maximum absolute atomic E-state index is 5.38. The van der Waals surface area contributed by atoms with Crippen LogP contribution >= 0.6 is 0 Å². The molecule has 19 heavy (non-hydrogen) atoms. The Morgan fingerprint density at radius 3 is 2.00 bits per heavy atom. The molecule has 5 nitrogen and oxygen atoms in total. The third-order valence-corrected chi connectivity index (χ3v) is 6.13. The normalized spacial score (nSPS) is 13.3. The van der Waals surface area contributed by atoms with Gasteiger partial charge >= 0.3 is 8.80 Å². The molecule has 0 aliphatic carbocycles. The maximum Gasteiger partial charge on any atom is 0.500 e. The molecule has 0 bridgehead atoms. The third-order valence-electron chi connectivity index (χ3n) is 3.30. The average Bonchev–Trinajstić information content (AvgIpc) is 2.45. The highest BCUT2D eigenvalue weighted by atomic mass is 28.4. The fraction of sp³-hybridized carbons (Fsp3) is 0.923. The van der Waals surface area contributed by atoms with Gasteiger partial charge in [0.2, 0.25) is 0 Å². The molecule has 0 atom stereocenters. The smallest absolute Gasteiger partial charge is 0.377 e. The van der Waals surface area contributed by atoms with E-state index in [4.69, 9.17) is 13.3 Å². The third kappa shape index (κ3) is 7.17. The zero-order valence-corrected chi connectivity index (χ0v) is 14.4. The summed E-state index contributed by atoms with van der Waals surface area (Å²) in [5, 5.41) is 0.